The number of aliphatic hydroxyl groups is 3. The number of aromatic nitrogens is 3. The van der Waals surface area contributed by atoms with E-state index in [1.807, 2.05) is 0 Å². The zero-order valence-corrected chi connectivity index (χ0v) is 9.92. The molecule has 0 radical (unpaired) electrons. The van der Waals surface area contributed by atoms with Crippen molar-refractivity contribution >= 4 is 16.9 Å². The number of nitrogens with zero attached hydrogens (tertiary/aromatic N) is 3. The Morgan fingerprint density at radius 2 is 2.11 bits per heavy atom. The van der Waals surface area contributed by atoms with Gasteiger partial charge in [-0.3, -0.25) is 0 Å². The molecule has 0 bridgehead atoms. The Labute approximate surface area is 108 Å². The molecule has 0 saturated carbocycles. The summed E-state index contributed by atoms with van der Waals surface area (Å²) in [5.74, 6) is 0.329. The van der Waals surface area contributed by atoms with E-state index in [0.717, 1.165) is 0 Å². The summed E-state index contributed by atoms with van der Waals surface area (Å²) in [5, 5.41) is 29.4. The fourth-order valence-corrected chi connectivity index (χ4v) is 2.31. The molecule has 102 valence electrons. The summed E-state index contributed by atoms with van der Waals surface area (Å²) in [7, 11) is 0. The molecule has 0 aromatic carbocycles. The highest BCUT2D eigenvalue weighted by molar-refractivity contribution is 5.86. The lowest BCUT2D eigenvalue weighted by molar-refractivity contribution is -0.0508. The zero-order valence-electron chi connectivity index (χ0n) is 9.92. The summed E-state index contributed by atoms with van der Waals surface area (Å²) in [5.41, 5.74) is 6.23. The van der Waals surface area contributed by atoms with Gasteiger partial charge in [-0.15, -0.1) is 0 Å². The van der Waals surface area contributed by atoms with Crippen LogP contribution < -0.4 is 5.73 Å². The van der Waals surface area contributed by atoms with E-state index >= 15 is 0 Å². The van der Waals surface area contributed by atoms with Crippen LogP contribution in [0.15, 0.2) is 18.6 Å². The molecule has 2 aromatic rings. The van der Waals surface area contributed by atoms with Crippen molar-refractivity contribution in [3.05, 3.63) is 18.6 Å². The Hall–Kier alpha value is -1.74. The van der Waals surface area contributed by atoms with Gasteiger partial charge in [-0.25, -0.2) is 9.97 Å². The molecule has 3 rings (SSSR count). The first kappa shape index (κ1) is 12.3. The van der Waals surface area contributed by atoms with E-state index in [4.69, 9.17) is 15.6 Å². The lowest BCUT2D eigenvalue weighted by Gasteiger charge is -2.17. The van der Waals surface area contributed by atoms with Crippen molar-refractivity contribution in [1.82, 2.24) is 14.5 Å². The largest absolute Gasteiger partial charge is 0.394 e. The predicted molar refractivity (Wildman–Crippen MR) is 64.9 cm³/mol. The number of aliphatic hydroxyl groups excluding tert-OH is 3. The molecule has 2 aromatic heterocycles. The smallest absolute Gasteiger partial charge is 0.164 e. The SMILES string of the molecule is Nc1ncnc2c1ccn2[C@@H]1O[C@H](CO)[C@H](O)[C@H]1O. The van der Waals surface area contributed by atoms with Crippen LogP contribution in [-0.4, -0.2) is 54.8 Å². The fourth-order valence-electron chi connectivity index (χ4n) is 2.31. The minimum Gasteiger partial charge on any atom is -0.394 e. The highest BCUT2D eigenvalue weighted by atomic mass is 16.6. The van der Waals surface area contributed by atoms with Crippen LogP contribution in [0.2, 0.25) is 0 Å². The molecule has 8 heteroatoms. The van der Waals surface area contributed by atoms with Gasteiger partial charge in [-0.2, -0.15) is 0 Å². The number of nitrogens with two attached hydrogens (primary N) is 1. The van der Waals surface area contributed by atoms with Gasteiger partial charge in [0.25, 0.3) is 0 Å². The molecule has 3 heterocycles. The first-order valence-electron chi connectivity index (χ1n) is 5.83. The second kappa shape index (κ2) is 4.42. The minimum atomic E-state index is -1.15. The van der Waals surface area contributed by atoms with Crippen molar-refractivity contribution in [2.24, 2.45) is 0 Å². The van der Waals surface area contributed by atoms with Crippen LogP contribution in [0.3, 0.4) is 0 Å². The molecule has 5 N–H and O–H groups in total. The second-order valence-corrected chi connectivity index (χ2v) is 4.45. The Balaban J connectivity index is 2.04. The molecule has 0 spiro atoms. The van der Waals surface area contributed by atoms with Crippen molar-refractivity contribution in [1.29, 1.82) is 0 Å². The summed E-state index contributed by atoms with van der Waals surface area (Å²) in [6, 6.07) is 1.71. The van der Waals surface area contributed by atoms with Crippen LogP contribution >= 0.6 is 0 Å². The second-order valence-electron chi connectivity index (χ2n) is 4.45. The third-order valence-electron chi connectivity index (χ3n) is 3.33. The van der Waals surface area contributed by atoms with E-state index in [-0.39, 0.29) is 6.61 Å². The fraction of sp³-hybridized carbons (Fsp3) is 0.455. The maximum atomic E-state index is 9.98. The van der Waals surface area contributed by atoms with Gasteiger partial charge in [0.1, 0.15) is 36.1 Å². The monoisotopic (exact) mass is 266 g/mol. The normalized spacial score (nSPS) is 31.1. The molecule has 19 heavy (non-hydrogen) atoms. The van der Waals surface area contributed by atoms with Crippen LogP contribution in [0.25, 0.3) is 11.0 Å². The van der Waals surface area contributed by atoms with E-state index in [0.29, 0.717) is 16.9 Å². The minimum absolute atomic E-state index is 0.329. The molecule has 1 fully saturated rings. The molecule has 1 aliphatic heterocycles. The Bertz CT molecular complexity index is 601. The van der Waals surface area contributed by atoms with E-state index in [1.54, 1.807) is 16.8 Å². The molecule has 0 aliphatic carbocycles. The Kier molecular flexibility index (Phi) is 2.86. The quantitative estimate of drug-likeness (QED) is 0.528. The van der Waals surface area contributed by atoms with E-state index in [2.05, 4.69) is 9.97 Å². The van der Waals surface area contributed by atoms with Crippen molar-refractivity contribution in [2.45, 2.75) is 24.5 Å². The third kappa shape index (κ3) is 1.77. The van der Waals surface area contributed by atoms with Gasteiger partial charge in [0.15, 0.2) is 6.23 Å². The average molecular weight is 266 g/mol. The van der Waals surface area contributed by atoms with Crippen LogP contribution in [0.4, 0.5) is 5.82 Å². The third-order valence-corrected chi connectivity index (χ3v) is 3.33. The summed E-state index contributed by atoms with van der Waals surface area (Å²) >= 11 is 0. The summed E-state index contributed by atoms with van der Waals surface area (Å²) in [4.78, 5) is 7.97. The van der Waals surface area contributed by atoms with Crippen molar-refractivity contribution in [2.75, 3.05) is 12.3 Å². The lowest BCUT2D eigenvalue weighted by Crippen LogP contribution is -2.33. The number of anilines is 1. The number of nitrogen functional groups attached to an aromatic ring is 1. The number of ether oxygens (including phenoxy) is 1. The van der Waals surface area contributed by atoms with E-state index in [9.17, 15) is 10.2 Å². The average Bonchev–Trinajstić information content (AvgIpc) is 2.94. The van der Waals surface area contributed by atoms with E-state index in [1.165, 1.54) is 6.33 Å². The number of rotatable bonds is 2. The van der Waals surface area contributed by atoms with Crippen molar-refractivity contribution in [3.63, 3.8) is 0 Å². The number of fused-ring (bicyclic) bond motifs is 1. The first-order chi connectivity index (χ1) is 9.13. The van der Waals surface area contributed by atoms with Gasteiger partial charge >= 0.3 is 0 Å². The molecule has 1 aliphatic rings. The molecule has 8 nitrogen and oxygen atoms in total. The van der Waals surface area contributed by atoms with Gasteiger partial charge in [-0.1, -0.05) is 0 Å². The molecular formula is C11H14N4O4. The van der Waals surface area contributed by atoms with Crippen molar-refractivity contribution < 1.29 is 20.1 Å². The van der Waals surface area contributed by atoms with Gasteiger partial charge in [-0.05, 0) is 6.07 Å². The summed E-state index contributed by atoms with van der Waals surface area (Å²) in [6.07, 6.45) is -0.975. The summed E-state index contributed by atoms with van der Waals surface area (Å²) < 4.78 is 7.01. The van der Waals surface area contributed by atoms with E-state index < -0.39 is 24.5 Å². The standard InChI is InChI=1S/C11H14N4O4/c12-9-5-1-2-15(10(5)14-4-13-9)11-8(18)7(17)6(3-16)19-11/h1-2,4,6-8,11,16-18H,3H2,(H2,12,13,14)/t6-,7+,8-,11-/m1/s1. The van der Waals surface area contributed by atoms with Crippen LogP contribution in [0.5, 0.6) is 0 Å². The summed E-state index contributed by atoms with van der Waals surface area (Å²) in [6.45, 7) is -0.370. The molecule has 0 amide bonds. The predicted octanol–water partition coefficient (Wildman–Crippen LogP) is -1.38. The highest BCUT2D eigenvalue weighted by Gasteiger charge is 2.43. The lowest BCUT2D eigenvalue weighted by atomic mass is 10.1. The Morgan fingerprint density at radius 3 is 2.79 bits per heavy atom. The van der Waals surface area contributed by atoms with Crippen molar-refractivity contribution in [3.8, 4) is 0 Å². The van der Waals surface area contributed by atoms with Gasteiger partial charge in [0, 0.05) is 6.20 Å². The molecular weight excluding hydrogens is 252 g/mol. The maximum Gasteiger partial charge on any atom is 0.164 e. The maximum absolute atomic E-state index is 9.98. The van der Waals surface area contributed by atoms with Gasteiger partial charge in [0.05, 0.1) is 12.0 Å². The number of hydrogen-bond acceptors (Lipinski definition) is 7. The van der Waals surface area contributed by atoms with Crippen LogP contribution in [-0.2, 0) is 4.74 Å². The topological polar surface area (TPSA) is 127 Å². The van der Waals surface area contributed by atoms with Gasteiger partial charge < -0.3 is 30.4 Å². The molecule has 4 atom stereocenters. The number of hydrogen-bond donors (Lipinski definition) is 4. The van der Waals surface area contributed by atoms with Gasteiger partial charge in [0.2, 0.25) is 0 Å². The molecule has 1 saturated heterocycles. The molecule has 0 unspecified atom stereocenters. The first-order valence-corrected chi connectivity index (χ1v) is 5.83. The zero-order chi connectivity index (χ0) is 13.6. The highest BCUT2D eigenvalue weighted by Crippen LogP contribution is 2.32. The van der Waals surface area contributed by atoms with Crippen LogP contribution in [0, 0.1) is 0 Å². The Morgan fingerprint density at radius 1 is 1.32 bits per heavy atom. The van der Waals surface area contributed by atoms with Crippen LogP contribution in [0.1, 0.15) is 6.23 Å².